The molecule has 1 aromatic carbocycles. The van der Waals surface area contributed by atoms with Crippen LogP contribution in [0.2, 0.25) is 0 Å². The minimum Gasteiger partial charge on any atom is -0.508 e. The summed E-state index contributed by atoms with van der Waals surface area (Å²) in [7, 11) is 1.40. The van der Waals surface area contributed by atoms with Crippen molar-refractivity contribution in [1.29, 1.82) is 0 Å². The van der Waals surface area contributed by atoms with Crippen molar-refractivity contribution in [3.63, 3.8) is 0 Å². The van der Waals surface area contributed by atoms with Crippen LogP contribution in [0.25, 0.3) is 10.9 Å². The van der Waals surface area contributed by atoms with Gasteiger partial charge in [-0.2, -0.15) is 0 Å². The summed E-state index contributed by atoms with van der Waals surface area (Å²) in [5, 5.41) is 21.4. The second-order valence-corrected chi connectivity index (χ2v) is 8.00. The Balaban J connectivity index is 1.73. The van der Waals surface area contributed by atoms with Crippen LogP contribution in [0.3, 0.4) is 0 Å². The van der Waals surface area contributed by atoms with Gasteiger partial charge in [-0.3, -0.25) is 9.69 Å². The van der Waals surface area contributed by atoms with E-state index in [2.05, 4.69) is 16.0 Å². The van der Waals surface area contributed by atoms with E-state index in [0.717, 1.165) is 29.4 Å². The second kappa shape index (κ2) is 5.59. The molecule has 1 aromatic heterocycles. The van der Waals surface area contributed by atoms with E-state index in [1.807, 2.05) is 13.0 Å². The Labute approximate surface area is 157 Å². The Morgan fingerprint density at radius 1 is 1.48 bits per heavy atom. The number of carbonyl (C=O) groups excluding carboxylic acids is 1. The number of rotatable bonds is 2. The average molecular weight is 368 g/mol. The topological polar surface area (TPSA) is 85.8 Å². The molecule has 3 N–H and O–H groups in total. The Morgan fingerprint density at radius 3 is 3.00 bits per heavy atom. The predicted molar refractivity (Wildman–Crippen MR) is 100 cm³/mol. The number of nitrogens with one attached hydrogen (secondary N) is 1. The summed E-state index contributed by atoms with van der Waals surface area (Å²) >= 11 is 0. The fraction of sp³-hybridized carbons (Fsp3) is 0.476. The number of aromatic hydroxyl groups is 1. The molecule has 2 aromatic rings. The van der Waals surface area contributed by atoms with Crippen LogP contribution < -0.4 is 0 Å². The number of aromatic nitrogens is 1. The van der Waals surface area contributed by atoms with Crippen LogP contribution in [-0.2, 0) is 16.0 Å². The van der Waals surface area contributed by atoms with Gasteiger partial charge in [0, 0.05) is 35.1 Å². The van der Waals surface area contributed by atoms with Crippen LogP contribution >= 0.6 is 0 Å². The van der Waals surface area contributed by atoms with Gasteiger partial charge in [-0.15, -0.1) is 0 Å². The number of aliphatic hydroxyl groups is 1. The molecule has 0 spiro atoms. The molecule has 4 aliphatic rings. The van der Waals surface area contributed by atoms with Crippen molar-refractivity contribution in [2.24, 2.45) is 11.3 Å². The van der Waals surface area contributed by atoms with Crippen LogP contribution in [-0.4, -0.2) is 52.4 Å². The van der Waals surface area contributed by atoms with Crippen LogP contribution in [0.1, 0.15) is 30.6 Å². The number of phenols is 1. The van der Waals surface area contributed by atoms with Crippen molar-refractivity contribution >= 4 is 16.9 Å². The highest BCUT2D eigenvalue weighted by molar-refractivity contribution is 5.87. The summed E-state index contributed by atoms with van der Waals surface area (Å²) in [5.41, 5.74) is 3.60. The average Bonchev–Trinajstić information content (AvgIpc) is 3.05. The third-order valence-electron chi connectivity index (χ3n) is 7.14. The van der Waals surface area contributed by atoms with Gasteiger partial charge < -0.3 is 19.9 Å². The molecule has 5 heterocycles. The van der Waals surface area contributed by atoms with Crippen molar-refractivity contribution in [3.8, 4) is 5.75 Å². The quantitative estimate of drug-likeness (QED) is 0.559. The Hall–Kier alpha value is -2.31. The fourth-order valence-corrected chi connectivity index (χ4v) is 5.92. The van der Waals surface area contributed by atoms with E-state index in [4.69, 9.17) is 4.74 Å². The summed E-state index contributed by atoms with van der Waals surface area (Å²) < 4.78 is 5.20. The Morgan fingerprint density at radius 2 is 2.30 bits per heavy atom. The maximum atomic E-state index is 13.0. The molecule has 1 unspecified atom stereocenters. The van der Waals surface area contributed by atoms with Gasteiger partial charge in [-0.25, -0.2) is 0 Å². The van der Waals surface area contributed by atoms with Crippen molar-refractivity contribution in [1.82, 2.24) is 9.88 Å². The summed E-state index contributed by atoms with van der Waals surface area (Å²) in [6.45, 7) is 2.59. The molecule has 4 bridgehead atoms. The van der Waals surface area contributed by atoms with Gasteiger partial charge in [0.15, 0.2) is 0 Å². The molecule has 3 fully saturated rings. The maximum Gasteiger partial charge on any atom is 0.316 e. The first-order chi connectivity index (χ1) is 13.0. The lowest BCUT2D eigenvalue weighted by Gasteiger charge is -2.62. The van der Waals surface area contributed by atoms with Crippen molar-refractivity contribution < 1.29 is 19.7 Å². The van der Waals surface area contributed by atoms with Crippen molar-refractivity contribution in [2.45, 2.75) is 31.8 Å². The molecular formula is C21H24N2O4. The highest BCUT2D eigenvalue weighted by Gasteiger charge is 2.64. The smallest absolute Gasteiger partial charge is 0.316 e. The molecule has 0 aliphatic carbocycles. The van der Waals surface area contributed by atoms with E-state index < -0.39 is 5.41 Å². The van der Waals surface area contributed by atoms with Crippen LogP contribution in [0.5, 0.6) is 5.75 Å². The van der Waals surface area contributed by atoms with E-state index in [9.17, 15) is 15.0 Å². The molecule has 6 nitrogen and oxygen atoms in total. The minimum atomic E-state index is -0.941. The zero-order chi connectivity index (χ0) is 18.9. The van der Waals surface area contributed by atoms with E-state index in [1.165, 1.54) is 18.4 Å². The van der Waals surface area contributed by atoms with Gasteiger partial charge >= 0.3 is 5.97 Å². The number of aliphatic hydroxyl groups excluding tert-OH is 1. The number of hydrogen-bond acceptors (Lipinski definition) is 5. The van der Waals surface area contributed by atoms with Crippen LogP contribution in [0, 0.1) is 11.3 Å². The molecule has 6 rings (SSSR count). The maximum absolute atomic E-state index is 13.0. The fourth-order valence-electron chi connectivity index (χ4n) is 5.92. The number of nitrogens with zero attached hydrogens (tertiary/aromatic N) is 1. The third kappa shape index (κ3) is 1.95. The van der Waals surface area contributed by atoms with Gasteiger partial charge in [0.2, 0.25) is 0 Å². The van der Waals surface area contributed by atoms with Crippen molar-refractivity contribution in [2.75, 3.05) is 20.3 Å². The zero-order valence-corrected chi connectivity index (χ0v) is 15.5. The SMILES string of the molecule is C/C=C1/CN2[C@H]3Cc4c([nH]c5ccc(O)cc45)[C@@H]2C[C@@H]1[C@]3(CO)C(=O)OC. The number of fused-ring (bicyclic) bond motifs is 4. The van der Waals surface area contributed by atoms with Gasteiger partial charge in [0.05, 0.1) is 19.8 Å². The molecule has 5 atom stereocenters. The van der Waals surface area contributed by atoms with E-state index >= 15 is 0 Å². The summed E-state index contributed by atoms with van der Waals surface area (Å²) in [4.78, 5) is 18.9. The number of allylic oxidation sites excluding steroid dienone is 1. The first-order valence-electron chi connectivity index (χ1n) is 9.48. The standard InChI is InChI=1S/C21H24N2O4/c1-3-11-9-23-17-8-15(11)21(10-24,20(26)27-2)18(23)7-14-13-6-12(25)4-5-16(13)22-19(14)17/h3-6,15,17-18,22,24-25H,7-10H2,1-2H3/b11-3-/t15-,17-,18-,21-/m0/s1. The lowest BCUT2D eigenvalue weighted by Crippen LogP contribution is -2.69. The monoisotopic (exact) mass is 368 g/mol. The van der Waals surface area contributed by atoms with Crippen molar-refractivity contribution in [3.05, 3.63) is 41.1 Å². The van der Waals surface area contributed by atoms with Crippen LogP contribution in [0.4, 0.5) is 0 Å². The number of aromatic amines is 1. The molecule has 27 heavy (non-hydrogen) atoms. The lowest BCUT2D eigenvalue weighted by atomic mass is 9.55. The number of carbonyl (C=O) groups is 1. The Kier molecular flexibility index (Phi) is 3.49. The van der Waals surface area contributed by atoms with Gasteiger partial charge in [0.25, 0.3) is 0 Å². The largest absolute Gasteiger partial charge is 0.508 e. The highest BCUT2D eigenvalue weighted by atomic mass is 16.5. The molecular weight excluding hydrogens is 344 g/mol. The number of H-pyrrole nitrogens is 1. The first kappa shape index (κ1) is 16.8. The minimum absolute atomic E-state index is 0.0204. The molecule has 6 heteroatoms. The van der Waals surface area contributed by atoms with E-state index in [1.54, 1.807) is 12.1 Å². The molecule has 0 saturated carbocycles. The molecule has 3 saturated heterocycles. The summed E-state index contributed by atoms with van der Waals surface area (Å²) in [6, 6.07) is 5.45. The normalized spacial score (nSPS) is 35.4. The Bertz CT molecular complexity index is 978. The highest BCUT2D eigenvalue weighted by Crippen LogP contribution is 2.59. The van der Waals surface area contributed by atoms with E-state index in [-0.39, 0.29) is 36.3 Å². The summed E-state index contributed by atoms with van der Waals surface area (Å²) in [6.07, 6.45) is 3.51. The molecule has 4 aliphatic heterocycles. The second-order valence-electron chi connectivity index (χ2n) is 8.00. The van der Waals surface area contributed by atoms with Gasteiger partial charge in [0.1, 0.15) is 11.2 Å². The lowest BCUT2D eigenvalue weighted by molar-refractivity contribution is -0.183. The number of ether oxygens (including phenoxy) is 1. The van der Waals surface area contributed by atoms with E-state index in [0.29, 0.717) is 6.42 Å². The third-order valence-corrected chi connectivity index (χ3v) is 7.14. The first-order valence-corrected chi connectivity index (χ1v) is 9.48. The number of phenolic OH excluding ortho intramolecular Hbond substituents is 1. The van der Waals surface area contributed by atoms with Gasteiger partial charge in [-0.05, 0) is 43.5 Å². The zero-order valence-electron chi connectivity index (χ0n) is 15.5. The summed E-state index contributed by atoms with van der Waals surface area (Å²) in [5.74, 6) is -0.110. The predicted octanol–water partition coefficient (Wildman–Crippen LogP) is 2.27. The number of hydrogen-bond donors (Lipinski definition) is 3. The number of esters is 1. The molecule has 0 radical (unpaired) electrons. The number of piperidine rings is 3. The van der Waals surface area contributed by atoms with Crippen LogP contribution in [0.15, 0.2) is 29.8 Å². The molecule has 0 amide bonds. The van der Waals surface area contributed by atoms with Gasteiger partial charge in [-0.1, -0.05) is 11.6 Å². The number of methoxy groups -OCH3 is 1. The molecule has 142 valence electrons. The number of benzene rings is 1.